The van der Waals surface area contributed by atoms with Gasteiger partial charge in [0.2, 0.25) is 0 Å². The van der Waals surface area contributed by atoms with Crippen molar-refractivity contribution in [2.45, 2.75) is 38.9 Å². The number of aryl methyl sites for hydroxylation is 1. The number of hydrogen-bond donors (Lipinski definition) is 2. The van der Waals surface area contributed by atoms with E-state index in [9.17, 15) is 8.78 Å². The highest BCUT2D eigenvalue weighted by molar-refractivity contribution is 5.96. The van der Waals surface area contributed by atoms with E-state index in [0.717, 1.165) is 41.3 Å². The maximum atomic E-state index is 12.9. The average Bonchev–Trinajstić information content (AvgIpc) is 3.44. The fourth-order valence-electron chi connectivity index (χ4n) is 3.85. The third-order valence-corrected chi connectivity index (χ3v) is 5.48. The van der Waals surface area contributed by atoms with Gasteiger partial charge in [-0.2, -0.15) is 5.10 Å². The zero-order chi connectivity index (χ0) is 21.3. The molecule has 0 bridgehead atoms. The Hall–Kier alpha value is -3.16. The van der Waals surface area contributed by atoms with E-state index in [0.29, 0.717) is 18.9 Å². The second kappa shape index (κ2) is 8.30. The fourth-order valence-corrected chi connectivity index (χ4v) is 3.85. The molecule has 30 heavy (non-hydrogen) atoms. The first kappa shape index (κ1) is 20.1. The third kappa shape index (κ3) is 4.08. The number of aromatic nitrogens is 2. The van der Waals surface area contributed by atoms with E-state index in [1.54, 1.807) is 6.20 Å². The molecule has 1 unspecified atom stereocenters. The summed E-state index contributed by atoms with van der Waals surface area (Å²) in [5.74, 6) is 0.541. The summed E-state index contributed by atoms with van der Waals surface area (Å²) in [6, 6.07) is 7.22. The molecule has 1 saturated heterocycles. The molecule has 0 spiro atoms. The largest absolute Gasteiger partial charge is 0.378 e. The minimum atomic E-state index is -2.41. The van der Waals surface area contributed by atoms with E-state index in [-0.39, 0.29) is 6.54 Å². The van der Waals surface area contributed by atoms with Crippen molar-refractivity contribution in [3.8, 4) is 0 Å². The lowest BCUT2D eigenvalue weighted by atomic mass is 10.1. The van der Waals surface area contributed by atoms with Crippen molar-refractivity contribution in [1.29, 1.82) is 0 Å². The average molecular weight is 412 g/mol. The molecule has 0 aliphatic carbocycles. The quantitative estimate of drug-likeness (QED) is 0.699. The maximum Gasteiger partial charge on any atom is 0.260 e. The van der Waals surface area contributed by atoms with Crippen molar-refractivity contribution in [3.63, 3.8) is 0 Å². The smallest absolute Gasteiger partial charge is 0.260 e. The minimum Gasteiger partial charge on any atom is -0.378 e. The van der Waals surface area contributed by atoms with Crippen LogP contribution in [0, 0.1) is 0 Å². The van der Waals surface area contributed by atoms with E-state index < -0.39 is 12.5 Å². The molecule has 1 atom stereocenters. The molecule has 0 saturated carbocycles. The van der Waals surface area contributed by atoms with Crippen LogP contribution < -0.4 is 10.6 Å². The highest BCUT2D eigenvalue weighted by atomic mass is 19.3. The monoisotopic (exact) mass is 412 g/mol. The van der Waals surface area contributed by atoms with Crippen LogP contribution in [0.4, 0.5) is 14.5 Å². The molecule has 0 radical (unpaired) electrons. The molecule has 4 rings (SSSR count). The summed E-state index contributed by atoms with van der Waals surface area (Å²) in [6.45, 7) is 12.2. The van der Waals surface area contributed by atoms with Crippen LogP contribution in [0.2, 0.25) is 0 Å². The maximum absolute atomic E-state index is 12.9. The van der Waals surface area contributed by atoms with Crippen LogP contribution >= 0.6 is 0 Å². The Morgan fingerprint density at radius 3 is 2.93 bits per heavy atom. The number of halogens is 2. The second-order valence-electron chi connectivity index (χ2n) is 7.59. The number of alkyl halides is 2. The molecule has 8 heteroatoms. The number of nitrogens with one attached hydrogen (secondary N) is 2. The predicted molar refractivity (Wildman–Crippen MR) is 115 cm³/mol. The molecule has 1 aromatic carbocycles. The van der Waals surface area contributed by atoms with Gasteiger partial charge in [0.1, 0.15) is 6.04 Å². The van der Waals surface area contributed by atoms with Gasteiger partial charge < -0.3 is 15.5 Å². The first-order valence-corrected chi connectivity index (χ1v) is 10.1. The van der Waals surface area contributed by atoms with Crippen molar-refractivity contribution < 1.29 is 8.78 Å². The summed E-state index contributed by atoms with van der Waals surface area (Å²) in [5.41, 5.74) is 5.97. The molecule has 2 N–H and O–H groups in total. The molecule has 2 aliphatic rings. The van der Waals surface area contributed by atoms with Crippen LogP contribution in [-0.2, 0) is 19.5 Å². The minimum absolute atomic E-state index is 0.252. The van der Waals surface area contributed by atoms with Gasteiger partial charge in [-0.3, -0.25) is 9.67 Å². The molecule has 1 aromatic heterocycles. The highest BCUT2D eigenvalue weighted by Crippen LogP contribution is 2.29. The van der Waals surface area contributed by atoms with Gasteiger partial charge in [0.25, 0.3) is 6.43 Å². The number of rotatable bonds is 8. The van der Waals surface area contributed by atoms with Gasteiger partial charge in [-0.15, -0.1) is 0 Å². The SMILES string of the molecule is C=C(NCC1=Nc2cc(CN3CC(C(F)F)NC3=C)ccc2C1)c1ccnn1CC. The standard InChI is InChI=1S/C22H26F2N6/c1-4-30-21(7-8-26-30)14(2)25-11-18-10-17-6-5-16(9-19(17)28-18)12-29-13-20(22(23)24)27-15(29)3/h5-9,20,22,25,27H,2-4,10-13H2,1H3. The predicted octanol–water partition coefficient (Wildman–Crippen LogP) is 3.30. The number of hydrogen-bond acceptors (Lipinski definition) is 5. The van der Waals surface area contributed by atoms with Gasteiger partial charge in [-0.25, -0.2) is 8.78 Å². The Balaban J connectivity index is 1.37. The van der Waals surface area contributed by atoms with Gasteiger partial charge in [0, 0.05) is 38.0 Å². The fraction of sp³-hybridized carbons (Fsp3) is 0.364. The van der Waals surface area contributed by atoms with Crippen molar-refractivity contribution in [3.05, 3.63) is 66.3 Å². The van der Waals surface area contributed by atoms with E-state index >= 15 is 0 Å². The summed E-state index contributed by atoms with van der Waals surface area (Å²) in [7, 11) is 0. The van der Waals surface area contributed by atoms with Crippen LogP contribution in [0.1, 0.15) is 23.7 Å². The Morgan fingerprint density at radius 2 is 2.20 bits per heavy atom. The number of benzene rings is 1. The molecular weight excluding hydrogens is 386 g/mol. The van der Waals surface area contributed by atoms with Crippen molar-refractivity contribution in [1.82, 2.24) is 25.3 Å². The van der Waals surface area contributed by atoms with Crippen molar-refractivity contribution >= 4 is 17.1 Å². The zero-order valence-corrected chi connectivity index (χ0v) is 17.0. The van der Waals surface area contributed by atoms with Gasteiger partial charge >= 0.3 is 0 Å². The lowest BCUT2D eigenvalue weighted by molar-refractivity contribution is 0.108. The summed E-state index contributed by atoms with van der Waals surface area (Å²) in [5, 5.41) is 10.4. The first-order chi connectivity index (χ1) is 14.4. The van der Waals surface area contributed by atoms with Crippen LogP contribution in [0.15, 0.2) is 54.4 Å². The third-order valence-electron chi connectivity index (χ3n) is 5.48. The zero-order valence-electron chi connectivity index (χ0n) is 17.0. The number of nitrogens with zero attached hydrogens (tertiary/aromatic N) is 4. The molecule has 3 heterocycles. The van der Waals surface area contributed by atoms with Crippen molar-refractivity contribution in [2.75, 3.05) is 13.1 Å². The number of aliphatic imine (C=N–C) groups is 1. The molecule has 1 fully saturated rings. The number of fused-ring (bicyclic) bond motifs is 1. The van der Waals surface area contributed by atoms with Gasteiger partial charge in [0.05, 0.1) is 29.4 Å². The summed E-state index contributed by atoms with van der Waals surface area (Å²) in [6.07, 6.45) is 0.149. The summed E-state index contributed by atoms with van der Waals surface area (Å²) >= 11 is 0. The van der Waals surface area contributed by atoms with Gasteiger partial charge in [-0.05, 0) is 30.2 Å². The summed E-state index contributed by atoms with van der Waals surface area (Å²) < 4.78 is 27.8. The molecule has 6 nitrogen and oxygen atoms in total. The van der Waals surface area contributed by atoms with Crippen molar-refractivity contribution in [2.24, 2.45) is 4.99 Å². The Kier molecular flexibility index (Phi) is 5.57. The van der Waals surface area contributed by atoms with Crippen LogP contribution in [0.25, 0.3) is 5.70 Å². The molecule has 2 aromatic rings. The molecule has 2 aliphatic heterocycles. The summed E-state index contributed by atoms with van der Waals surface area (Å²) in [4.78, 5) is 6.61. The Morgan fingerprint density at radius 1 is 1.37 bits per heavy atom. The van der Waals surface area contributed by atoms with E-state index in [1.807, 2.05) is 34.7 Å². The topological polar surface area (TPSA) is 57.5 Å². The Bertz CT molecular complexity index is 993. The second-order valence-corrected chi connectivity index (χ2v) is 7.59. The van der Waals surface area contributed by atoms with Crippen LogP contribution in [-0.4, -0.2) is 45.9 Å². The lowest BCUT2D eigenvalue weighted by Crippen LogP contribution is -2.30. The Labute approximate surface area is 175 Å². The molecular formula is C22H26F2N6. The normalized spacial score (nSPS) is 17.9. The van der Waals surface area contributed by atoms with E-state index in [4.69, 9.17) is 4.99 Å². The van der Waals surface area contributed by atoms with Crippen LogP contribution in [0.5, 0.6) is 0 Å². The highest BCUT2D eigenvalue weighted by Gasteiger charge is 2.31. The van der Waals surface area contributed by atoms with E-state index in [2.05, 4.69) is 35.0 Å². The van der Waals surface area contributed by atoms with Crippen LogP contribution in [0.3, 0.4) is 0 Å². The molecule has 0 amide bonds. The van der Waals surface area contributed by atoms with Gasteiger partial charge in [-0.1, -0.05) is 25.3 Å². The molecule has 158 valence electrons. The van der Waals surface area contributed by atoms with Gasteiger partial charge in [0.15, 0.2) is 0 Å². The lowest BCUT2D eigenvalue weighted by Gasteiger charge is -2.18. The van der Waals surface area contributed by atoms with E-state index in [1.165, 1.54) is 5.56 Å². The first-order valence-electron chi connectivity index (χ1n) is 10.1.